The number of β-lactam (4-membered cyclic amide) rings is 1. The lowest BCUT2D eigenvalue weighted by Crippen LogP contribution is -2.70. The molecule has 15 nitrogen and oxygen atoms in total. The minimum absolute atomic E-state index is 0.0951. The van der Waals surface area contributed by atoms with Crippen molar-refractivity contribution in [2.45, 2.75) is 44.6 Å². The maximum absolute atomic E-state index is 13.1. The van der Waals surface area contributed by atoms with Gasteiger partial charge < -0.3 is 34.3 Å². The van der Waals surface area contributed by atoms with Gasteiger partial charge in [-0.25, -0.2) is 14.4 Å². The summed E-state index contributed by atoms with van der Waals surface area (Å²) in [4.78, 5) is 75.3. The Bertz CT molecular complexity index is 1060. The molecular formula is C21H27BrN4O11S. The molecule has 2 unspecified atom stereocenters. The summed E-state index contributed by atoms with van der Waals surface area (Å²) in [6, 6.07) is -1.17. The fourth-order valence-electron chi connectivity index (χ4n) is 3.15. The maximum Gasteiger partial charge on any atom is 0.511 e. The zero-order valence-corrected chi connectivity index (χ0v) is 23.5. The molecule has 38 heavy (non-hydrogen) atoms. The van der Waals surface area contributed by atoms with Gasteiger partial charge in [0.15, 0.2) is 0 Å². The Balaban J connectivity index is 2.27. The van der Waals surface area contributed by atoms with Crippen LogP contribution in [0.15, 0.2) is 27.9 Å². The summed E-state index contributed by atoms with van der Waals surface area (Å²) in [5, 5.41) is 13.5. The van der Waals surface area contributed by atoms with Crippen molar-refractivity contribution in [3.8, 4) is 0 Å². The van der Waals surface area contributed by atoms with Gasteiger partial charge in [-0.15, -0.1) is 16.7 Å². The number of rotatable bonds is 10. The van der Waals surface area contributed by atoms with Crippen LogP contribution in [-0.4, -0.2) is 101 Å². The van der Waals surface area contributed by atoms with Crippen LogP contribution in [0.3, 0.4) is 0 Å². The molecule has 1 saturated heterocycles. The highest BCUT2D eigenvalue weighted by molar-refractivity contribution is 9.09. The number of aliphatic hydroxyl groups is 1. The fourth-order valence-corrected chi connectivity index (χ4v) is 4.74. The summed E-state index contributed by atoms with van der Waals surface area (Å²) in [7, 11) is 2.92. The third kappa shape index (κ3) is 7.37. The zero-order chi connectivity index (χ0) is 28.7. The first-order chi connectivity index (χ1) is 17.8. The number of nitrogens with one attached hydrogen (secondary N) is 1. The Morgan fingerprint density at radius 3 is 2.42 bits per heavy atom. The minimum atomic E-state index is -1.40. The molecule has 0 aliphatic carbocycles. The third-order valence-electron chi connectivity index (χ3n) is 4.84. The summed E-state index contributed by atoms with van der Waals surface area (Å²) in [5.74, 6) is -3.41. The fraction of sp³-hybridized carbons (Fsp3) is 0.571. The molecule has 2 rings (SSSR count). The summed E-state index contributed by atoms with van der Waals surface area (Å²) in [5.41, 5.74) is -0.829. The molecule has 3 amide bonds. The molecule has 0 radical (unpaired) electrons. The predicted octanol–water partition coefficient (Wildman–Crippen LogP) is 1.72. The molecule has 2 N–H and O–H groups in total. The molecule has 2 aliphatic heterocycles. The molecule has 17 heteroatoms. The second kappa shape index (κ2) is 13.5. The van der Waals surface area contributed by atoms with Crippen LogP contribution in [0, 0.1) is 4.91 Å². The first-order valence-corrected chi connectivity index (χ1v) is 13.2. The number of nitrogens with zero attached hydrogens (tertiary/aromatic N) is 3. The Hall–Kier alpha value is -3.34. The van der Waals surface area contributed by atoms with E-state index in [9.17, 15) is 34.0 Å². The van der Waals surface area contributed by atoms with E-state index in [-0.39, 0.29) is 29.0 Å². The number of aliphatic hydroxyl groups excluding tert-OH is 1. The van der Waals surface area contributed by atoms with Gasteiger partial charge in [-0.3, -0.25) is 14.5 Å². The predicted molar refractivity (Wildman–Crippen MR) is 135 cm³/mol. The lowest BCUT2D eigenvalue weighted by molar-refractivity contribution is -0.169. The van der Waals surface area contributed by atoms with E-state index in [1.54, 1.807) is 13.8 Å². The van der Waals surface area contributed by atoms with Gasteiger partial charge in [0.05, 0.1) is 11.4 Å². The van der Waals surface area contributed by atoms with Gasteiger partial charge in [0.25, 0.3) is 11.8 Å². The quantitative estimate of drug-likeness (QED) is 0.0525. The molecule has 3 atom stereocenters. The van der Waals surface area contributed by atoms with Gasteiger partial charge in [0.2, 0.25) is 12.0 Å². The van der Waals surface area contributed by atoms with Crippen LogP contribution >= 0.6 is 27.7 Å². The molecule has 0 aromatic heterocycles. The van der Waals surface area contributed by atoms with Crippen LogP contribution in [0.4, 0.5) is 9.59 Å². The third-order valence-corrected chi connectivity index (χ3v) is 6.71. The van der Waals surface area contributed by atoms with Crippen LogP contribution < -0.4 is 5.32 Å². The van der Waals surface area contributed by atoms with Crippen molar-refractivity contribution in [2.75, 3.05) is 31.8 Å². The van der Waals surface area contributed by atoms with E-state index in [0.717, 1.165) is 16.7 Å². The van der Waals surface area contributed by atoms with E-state index in [1.165, 1.54) is 25.9 Å². The molecule has 2 heterocycles. The number of halogens is 1. The van der Waals surface area contributed by atoms with Crippen molar-refractivity contribution in [1.29, 1.82) is 0 Å². The highest BCUT2D eigenvalue weighted by Crippen LogP contribution is 2.41. The number of ether oxygens (including phenoxy) is 4. The van der Waals surface area contributed by atoms with E-state index in [1.807, 2.05) is 0 Å². The number of nitroso groups, excluding NO2 is 1. The summed E-state index contributed by atoms with van der Waals surface area (Å²) >= 11 is 4.04. The SMILES string of the molecule is CC(C)OC(=O)OC(C)OC(=O)C1=C(COC(=O)N(C)C)CS[C@H]2C(NC(=O)C(N=O)=C(O)CBr)C(=O)N12. The number of hydrogen-bond donors (Lipinski definition) is 2. The lowest BCUT2D eigenvalue weighted by Gasteiger charge is -2.49. The zero-order valence-electron chi connectivity index (χ0n) is 21.1. The number of amides is 3. The maximum atomic E-state index is 13.1. The van der Waals surface area contributed by atoms with Gasteiger partial charge in [0, 0.05) is 32.3 Å². The number of allylic oxidation sites excluding steroid dienone is 1. The summed E-state index contributed by atoms with van der Waals surface area (Å²) in [6.07, 6.45) is -3.65. The molecule has 0 saturated carbocycles. The minimum Gasteiger partial charge on any atom is -0.509 e. The monoisotopic (exact) mass is 622 g/mol. The van der Waals surface area contributed by atoms with E-state index in [0.29, 0.717) is 0 Å². The number of hydrogen-bond acceptors (Lipinski definition) is 13. The van der Waals surface area contributed by atoms with E-state index >= 15 is 0 Å². The number of alkyl halides is 1. The molecule has 2 aliphatic rings. The van der Waals surface area contributed by atoms with Crippen LogP contribution in [0.5, 0.6) is 0 Å². The highest BCUT2D eigenvalue weighted by Gasteiger charge is 2.55. The molecule has 1 fully saturated rings. The van der Waals surface area contributed by atoms with Gasteiger partial charge in [0.1, 0.15) is 29.5 Å². The van der Waals surface area contributed by atoms with E-state index < -0.39 is 65.3 Å². The van der Waals surface area contributed by atoms with Gasteiger partial charge in [-0.05, 0) is 19.0 Å². The van der Waals surface area contributed by atoms with E-state index in [4.69, 9.17) is 18.9 Å². The highest BCUT2D eigenvalue weighted by atomic mass is 79.9. The molecular weight excluding hydrogens is 596 g/mol. The average Bonchev–Trinajstić information content (AvgIpc) is 2.84. The number of carbonyl (C=O) groups is 5. The first-order valence-electron chi connectivity index (χ1n) is 11.0. The van der Waals surface area contributed by atoms with Crippen molar-refractivity contribution >= 4 is 57.7 Å². The Morgan fingerprint density at radius 2 is 1.87 bits per heavy atom. The van der Waals surface area contributed by atoms with Crippen molar-refractivity contribution < 1.29 is 48.0 Å². The number of fused-ring (bicyclic) bond motifs is 1. The number of carbonyl (C=O) groups excluding carboxylic acids is 5. The molecule has 210 valence electrons. The van der Waals surface area contributed by atoms with Crippen LogP contribution in [-0.2, 0) is 33.3 Å². The van der Waals surface area contributed by atoms with Gasteiger partial charge >= 0.3 is 18.2 Å². The van der Waals surface area contributed by atoms with Crippen molar-refractivity contribution in [1.82, 2.24) is 15.1 Å². The Kier molecular flexibility index (Phi) is 10.9. The smallest absolute Gasteiger partial charge is 0.509 e. The van der Waals surface area contributed by atoms with Crippen LogP contribution in [0.2, 0.25) is 0 Å². The molecule has 0 aromatic carbocycles. The average molecular weight is 623 g/mol. The van der Waals surface area contributed by atoms with Gasteiger partial charge in [-0.2, -0.15) is 0 Å². The van der Waals surface area contributed by atoms with E-state index in [2.05, 4.69) is 26.4 Å². The standard InChI is InChI=1S/C21H27BrN4O11S/c1-9(2)35-21(32)37-10(3)36-19(30)15-11(7-34-20(31)25(4)5)8-38-18-14(17(29)26(15)18)23-16(28)13(24-33)12(27)6-22/h9-10,14,18,27H,6-8H2,1-5H3,(H,23,28)/t10?,14?,18-/m0/s1. The number of esters is 1. The number of thioether (sulfide) groups is 1. The molecule has 0 aromatic rings. The normalized spacial score (nSPS) is 19.9. The first kappa shape index (κ1) is 30.9. The topological polar surface area (TPSA) is 190 Å². The summed E-state index contributed by atoms with van der Waals surface area (Å²) in [6.45, 7) is 4.10. The van der Waals surface area contributed by atoms with Crippen LogP contribution in [0.25, 0.3) is 0 Å². The van der Waals surface area contributed by atoms with Gasteiger partial charge in [-0.1, -0.05) is 15.9 Å². The molecule has 0 bridgehead atoms. The van der Waals surface area contributed by atoms with Crippen LogP contribution in [0.1, 0.15) is 20.8 Å². The molecule has 0 spiro atoms. The Labute approximate surface area is 229 Å². The Morgan fingerprint density at radius 1 is 1.21 bits per heavy atom. The lowest BCUT2D eigenvalue weighted by atomic mass is 10.0. The van der Waals surface area contributed by atoms with Crippen molar-refractivity contribution in [3.63, 3.8) is 0 Å². The van der Waals surface area contributed by atoms with Crippen molar-refractivity contribution in [3.05, 3.63) is 27.6 Å². The van der Waals surface area contributed by atoms with Crippen molar-refractivity contribution in [2.24, 2.45) is 5.18 Å². The summed E-state index contributed by atoms with van der Waals surface area (Å²) < 4.78 is 20.1. The second-order valence-corrected chi connectivity index (χ2v) is 9.96. The second-order valence-electron chi connectivity index (χ2n) is 8.29. The largest absolute Gasteiger partial charge is 0.511 e.